The Labute approximate surface area is 102 Å². The van der Waals surface area contributed by atoms with Crippen LogP contribution in [0, 0.1) is 5.92 Å². The number of nitrogens with two attached hydrogens (primary N) is 1. The van der Waals surface area contributed by atoms with Gasteiger partial charge in [0.2, 0.25) is 0 Å². The summed E-state index contributed by atoms with van der Waals surface area (Å²) < 4.78 is 0. The number of rotatable bonds is 4. The minimum absolute atomic E-state index is 0.0554. The molecule has 0 atom stereocenters. The minimum Gasteiger partial charge on any atom is -0.508 e. The van der Waals surface area contributed by atoms with Crippen molar-refractivity contribution in [1.29, 1.82) is 0 Å². The van der Waals surface area contributed by atoms with Crippen molar-refractivity contribution in [2.24, 2.45) is 5.92 Å². The maximum atomic E-state index is 12.1. The molecule has 94 valence electrons. The van der Waals surface area contributed by atoms with E-state index in [1.807, 2.05) is 0 Å². The van der Waals surface area contributed by atoms with Crippen LogP contribution in [0.3, 0.4) is 0 Å². The number of aromatic hydroxyl groups is 1. The smallest absolute Gasteiger partial charge is 0.255 e. The Bertz CT molecular complexity index is 402. The van der Waals surface area contributed by atoms with E-state index in [2.05, 4.69) is 13.8 Å². The average Bonchev–Trinajstić information content (AvgIpc) is 2.28. The molecule has 0 aromatic heterocycles. The van der Waals surface area contributed by atoms with Crippen LogP contribution in [0.25, 0.3) is 0 Å². The van der Waals surface area contributed by atoms with Gasteiger partial charge < -0.3 is 15.7 Å². The van der Waals surface area contributed by atoms with E-state index >= 15 is 0 Å². The number of nitrogens with zero attached hydrogens (tertiary/aromatic N) is 1. The zero-order chi connectivity index (χ0) is 13.0. The Morgan fingerprint density at radius 2 is 2.12 bits per heavy atom. The maximum Gasteiger partial charge on any atom is 0.255 e. The second-order valence-corrected chi connectivity index (χ2v) is 4.68. The fourth-order valence-electron chi connectivity index (χ4n) is 1.49. The van der Waals surface area contributed by atoms with Crippen LogP contribution >= 0.6 is 0 Å². The van der Waals surface area contributed by atoms with E-state index in [4.69, 9.17) is 5.73 Å². The molecule has 0 aliphatic rings. The van der Waals surface area contributed by atoms with E-state index in [0.717, 1.165) is 6.42 Å². The number of carbonyl (C=O) groups is 1. The van der Waals surface area contributed by atoms with Crippen LogP contribution in [0.4, 0.5) is 5.69 Å². The van der Waals surface area contributed by atoms with Gasteiger partial charge in [0, 0.05) is 19.3 Å². The zero-order valence-electron chi connectivity index (χ0n) is 10.6. The minimum atomic E-state index is -0.154. The van der Waals surface area contributed by atoms with E-state index in [-0.39, 0.29) is 11.7 Å². The molecular formula is C13H20N2O2. The number of anilines is 1. The summed E-state index contributed by atoms with van der Waals surface area (Å²) in [6.07, 6.45) is 0.945. The fourth-order valence-corrected chi connectivity index (χ4v) is 1.49. The van der Waals surface area contributed by atoms with Gasteiger partial charge in [-0.2, -0.15) is 0 Å². The first-order chi connectivity index (χ1) is 7.91. The number of phenols is 1. The topological polar surface area (TPSA) is 66.6 Å². The molecule has 4 nitrogen and oxygen atoms in total. The van der Waals surface area contributed by atoms with Crippen molar-refractivity contribution in [1.82, 2.24) is 4.90 Å². The molecule has 0 heterocycles. The molecule has 1 aromatic carbocycles. The Morgan fingerprint density at radius 3 is 2.71 bits per heavy atom. The second-order valence-electron chi connectivity index (χ2n) is 4.68. The molecule has 0 spiro atoms. The molecule has 0 bridgehead atoms. The summed E-state index contributed by atoms with van der Waals surface area (Å²) in [5, 5.41) is 9.36. The third kappa shape index (κ3) is 3.66. The van der Waals surface area contributed by atoms with E-state index in [9.17, 15) is 9.90 Å². The normalized spacial score (nSPS) is 10.6. The van der Waals surface area contributed by atoms with Crippen molar-refractivity contribution >= 4 is 11.6 Å². The first kappa shape index (κ1) is 13.4. The average molecular weight is 236 g/mol. The Hall–Kier alpha value is -1.71. The predicted molar refractivity (Wildman–Crippen MR) is 68.9 cm³/mol. The second kappa shape index (κ2) is 5.57. The van der Waals surface area contributed by atoms with Gasteiger partial charge in [-0.3, -0.25) is 4.79 Å². The maximum absolute atomic E-state index is 12.1. The van der Waals surface area contributed by atoms with Crippen LogP contribution in [0.1, 0.15) is 30.6 Å². The van der Waals surface area contributed by atoms with Crippen LogP contribution in [0.2, 0.25) is 0 Å². The Kier molecular flexibility index (Phi) is 4.37. The van der Waals surface area contributed by atoms with E-state index in [1.54, 1.807) is 18.0 Å². The highest BCUT2D eigenvalue weighted by Crippen LogP contribution is 2.20. The van der Waals surface area contributed by atoms with Crippen LogP contribution in [0.15, 0.2) is 18.2 Å². The molecular weight excluding hydrogens is 216 g/mol. The van der Waals surface area contributed by atoms with Gasteiger partial charge >= 0.3 is 0 Å². The zero-order valence-corrected chi connectivity index (χ0v) is 10.6. The van der Waals surface area contributed by atoms with Crippen molar-refractivity contribution < 1.29 is 9.90 Å². The van der Waals surface area contributed by atoms with Gasteiger partial charge in [0.25, 0.3) is 5.91 Å². The number of hydrogen-bond acceptors (Lipinski definition) is 3. The number of benzene rings is 1. The summed E-state index contributed by atoms with van der Waals surface area (Å²) in [4.78, 5) is 13.7. The lowest BCUT2D eigenvalue weighted by atomic mass is 10.1. The summed E-state index contributed by atoms with van der Waals surface area (Å²) in [6.45, 7) is 4.91. The number of hydrogen-bond donors (Lipinski definition) is 2. The Balaban J connectivity index is 2.78. The van der Waals surface area contributed by atoms with Gasteiger partial charge in [-0.05, 0) is 30.5 Å². The first-order valence-corrected chi connectivity index (χ1v) is 5.75. The first-order valence-electron chi connectivity index (χ1n) is 5.75. The van der Waals surface area contributed by atoms with Gasteiger partial charge in [0.1, 0.15) is 5.75 Å². The van der Waals surface area contributed by atoms with Crippen molar-refractivity contribution in [3.05, 3.63) is 23.8 Å². The molecule has 0 aliphatic heterocycles. The van der Waals surface area contributed by atoms with E-state index in [1.165, 1.54) is 12.1 Å². The predicted octanol–water partition coefficient (Wildman–Crippen LogP) is 2.09. The quantitative estimate of drug-likeness (QED) is 0.621. The SMILES string of the molecule is CC(C)CCN(C)C(=O)c1cc(O)ccc1N. The molecule has 3 N–H and O–H groups in total. The largest absolute Gasteiger partial charge is 0.508 e. The van der Waals surface area contributed by atoms with Gasteiger partial charge in [-0.15, -0.1) is 0 Å². The summed E-state index contributed by atoms with van der Waals surface area (Å²) in [6, 6.07) is 4.42. The number of amides is 1. The number of phenolic OH excluding ortho intramolecular Hbond substituents is 1. The lowest BCUT2D eigenvalue weighted by molar-refractivity contribution is 0.0790. The van der Waals surface area contributed by atoms with Gasteiger partial charge in [-0.25, -0.2) is 0 Å². The monoisotopic (exact) mass is 236 g/mol. The molecule has 17 heavy (non-hydrogen) atoms. The highest BCUT2D eigenvalue weighted by molar-refractivity contribution is 5.99. The summed E-state index contributed by atoms with van der Waals surface area (Å²) in [5.74, 6) is 0.450. The molecule has 0 fully saturated rings. The number of nitrogen functional groups attached to an aromatic ring is 1. The van der Waals surface area contributed by atoms with Crippen LogP contribution in [-0.2, 0) is 0 Å². The third-order valence-electron chi connectivity index (χ3n) is 2.66. The van der Waals surface area contributed by atoms with Gasteiger partial charge in [0.05, 0.1) is 5.56 Å². The van der Waals surface area contributed by atoms with Crippen molar-refractivity contribution in [2.45, 2.75) is 20.3 Å². The highest BCUT2D eigenvalue weighted by atomic mass is 16.3. The Morgan fingerprint density at radius 1 is 1.47 bits per heavy atom. The fraction of sp³-hybridized carbons (Fsp3) is 0.462. The molecule has 4 heteroatoms. The molecule has 0 saturated carbocycles. The molecule has 0 radical (unpaired) electrons. The lowest BCUT2D eigenvalue weighted by Gasteiger charge is -2.19. The molecule has 1 aromatic rings. The van der Waals surface area contributed by atoms with Crippen molar-refractivity contribution in [2.75, 3.05) is 19.3 Å². The van der Waals surface area contributed by atoms with Crippen molar-refractivity contribution in [3.63, 3.8) is 0 Å². The number of carbonyl (C=O) groups excluding carboxylic acids is 1. The lowest BCUT2D eigenvalue weighted by Crippen LogP contribution is -2.29. The van der Waals surface area contributed by atoms with E-state index in [0.29, 0.717) is 23.7 Å². The summed E-state index contributed by atoms with van der Waals surface area (Å²) >= 11 is 0. The van der Waals surface area contributed by atoms with Gasteiger partial charge in [-0.1, -0.05) is 13.8 Å². The van der Waals surface area contributed by atoms with E-state index < -0.39 is 0 Å². The highest BCUT2D eigenvalue weighted by Gasteiger charge is 2.15. The molecule has 0 unspecified atom stereocenters. The van der Waals surface area contributed by atoms with Crippen LogP contribution in [-0.4, -0.2) is 29.5 Å². The van der Waals surface area contributed by atoms with Crippen molar-refractivity contribution in [3.8, 4) is 5.75 Å². The van der Waals surface area contributed by atoms with Gasteiger partial charge in [0.15, 0.2) is 0 Å². The standard InChI is InChI=1S/C13H20N2O2/c1-9(2)6-7-15(3)13(17)11-8-10(16)4-5-12(11)14/h4-5,8-9,16H,6-7,14H2,1-3H3. The summed E-state index contributed by atoms with van der Waals surface area (Å²) in [7, 11) is 1.74. The summed E-state index contributed by atoms with van der Waals surface area (Å²) in [5.41, 5.74) is 6.48. The molecule has 0 aliphatic carbocycles. The molecule has 1 amide bonds. The van der Waals surface area contributed by atoms with Crippen LogP contribution < -0.4 is 5.73 Å². The van der Waals surface area contributed by atoms with Crippen LogP contribution in [0.5, 0.6) is 5.75 Å². The third-order valence-corrected chi connectivity index (χ3v) is 2.66. The molecule has 1 rings (SSSR count). The molecule has 0 saturated heterocycles.